The van der Waals surface area contributed by atoms with Crippen LogP contribution in [0, 0.1) is 5.82 Å². The average Bonchev–Trinajstić information content (AvgIpc) is 2.37. The fraction of sp³-hybridized carbons (Fsp3) is 0.600. The second-order valence-corrected chi connectivity index (χ2v) is 6.10. The lowest BCUT2D eigenvalue weighted by molar-refractivity contribution is 0.128. The minimum Gasteiger partial charge on any atom is -0.366 e. The molecule has 1 heterocycles. The molecule has 0 saturated carbocycles. The van der Waals surface area contributed by atoms with Crippen molar-refractivity contribution in [3.63, 3.8) is 0 Å². The maximum Gasteiger partial charge on any atom is 0.146 e. The molecule has 1 saturated heterocycles. The Balaban J connectivity index is 2.14. The first kappa shape index (κ1) is 14.3. The number of benzene rings is 1. The Morgan fingerprint density at radius 2 is 1.79 bits per heavy atom. The summed E-state index contributed by atoms with van der Waals surface area (Å²) in [5.74, 6) is -0.160. The van der Waals surface area contributed by atoms with Gasteiger partial charge in [-0.1, -0.05) is 12.1 Å². The Bertz CT molecular complexity index is 432. The first-order chi connectivity index (χ1) is 8.93. The van der Waals surface area contributed by atoms with Gasteiger partial charge in [0.15, 0.2) is 0 Å². The van der Waals surface area contributed by atoms with Crippen molar-refractivity contribution < 1.29 is 4.39 Å². The van der Waals surface area contributed by atoms with Crippen molar-refractivity contribution in [1.29, 1.82) is 0 Å². The molecule has 0 bridgehead atoms. The molecule has 1 aliphatic rings. The van der Waals surface area contributed by atoms with E-state index in [1.807, 2.05) is 6.07 Å². The highest BCUT2D eigenvalue weighted by atomic mass is 19.1. The van der Waals surface area contributed by atoms with Crippen molar-refractivity contribution in [2.45, 2.75) is 32.9 Å². The zero-order chi connectivity index (χ0) is 14.0. The SMILES string of the molecule is CC(C)(C)N1CCN(c2c(F)cccc2CN)CC1. The highest BCUT2D eigenvalue weighted by Gasteiger charge is 2.27. The summed E-state index contributed by atoms with van der Waals surface area (Å²) in [7, 11) is 0. The van der Waals surface area contributed by atoms with Gasteiger partial charge in [0.2, 0.25) is 0 Å². The second-order valence-electron chi connectivity index (χ2n) is 6.10. The van der Waals surface area contributed by atoms with E-state index in [-0.39, 0.29) is 11.4 Å². The van der Waals surface area contributed by atoms with Crippen LogP contribution in [0.5, 0.6) is 0 Å². The molecule has 2 rings (SSSR count). The Hall–Kier alpha value is -1.13. The summed E-state index contributed by atoms with van der Waals surface area (Å²) in [6.45, 7) is 10.7. The van der Waals surface area contributed by atoms with Gasteiger partial charge < -0.3 is 10.6 Å². The van der Waals surface area contributed by atoms with Crippen LogP contribution in [0.15, 0.2) is 18.2 Å². The van der Waals surface area contributed by atoms with Crippen LogP contribution < -0.4 is 10.6 Å². The number of nitrogens with zero attached hydrogens (tertiary/aromatic N) is 2. The molecule has 19 heavy (non-hydrogen) atoms. The molecule has 1 aromatic rings. The Kier molecular flexibility index (Phi) is 4.11. The average molecular weight is 265 g/mol. The third-order valence-electron chi connectivity index (χ3n) is 3.83. The number of hydrogen-bond donors (Lipinski definition) is 1. The van der Waals surface area contributed by atoms with E-state index in [4.69, 9.17) is 5.73 Å². The topological polar surface area (TPSA) is 32.5 Å². The van der Waals surface area contributed by atoms with E-state index in [2.05, 4.69) is 30.6 Å². The molecule has 0 unspecified atom stereocenters. The number of nitrogens with two attached hydrogens (primary N) is 1. The van der Waals surface area contributed by atoms with Gasteiger partial charge >= 0.3 is 0 Å². The quantitative estimate of drug-likeness (QED) is 0.890. The molecule has 0 aromatic heterocycles. The molecule has 1 aliphatic heterocycles. The van der Waals surface area contributed by atoms with Gasteiger partial charge in [0, 0.05) is 38.3 Å². The van der Waals surface area contributed by atoms with Gasteiger partial charge in [0.25, 0.3) is 0 Å². The molecule has 0 radical (unpaired) electrons. The summed E-state index contributed by atoms with van der Waals surface area (Å²) in [6.07, 6.45) is 0. The Labute approximate surface area is 115 Å². The Morgan fingerprint density at radius 3 is 2.32 bits per heavy atom. The maximum absolute atomic E-state index is 14.0. The molecule has 1 aromatic carbocycles. The summed E-state index contributed by atoms with van der Waals surface area (Å²) in [5.41, 5.74) is 7.48. The van der Waals surface area contributed by atoms with Crippen LogP contribution in [0.2, 0.25) is 0 Å². The first-order valence-corrected chi connectivity index (χ1v) is 6.91. The highest BCUT2D eigenvalue weighted by Crippen LogP contribution is 2.26. The van der Waals surface area contributed by atoms with Gasteiger partial charge in [0.1, 0.15) is 5.82 Å². The van der Waals surface area contributed by atoms with Crippen LogP contribution in [0.4, 0.5) is 10.1 Å². The summed E-state index contributed by atoms with van der Waals surface area (Å²) >= 11 is 0. The number of rotatable bonds is 2. The predicted octanol–water partition coefficient (Wildman–Crippen LogP) is 2.20. The second kappa shape index (κ2) is 5.47. The van der Waals surface area contributed by atoms with Gasteiger partial charge in [-0.25, -0.2) is 4.39 Å². The highest BCUT2D eigenvalue weighted by molar-refractivity contribution is 5.55. The minimum atomic E-state index is -0.160. The first-order valence-electron chi connectivity index (χ1n) is 6.91. The van der Waals surface area contributed by atoms with Crippen molar-refractivity contribution in [3.8, 4) is 0 Å². The summed E-state index contributed by atoms with van der Waals surface area (Å²) in [5, 5.41) is 0. The van der Waals surface area contributed by atoms with Crippen molar-refractivity contribution in [2.75, 3.05) is 31.1 Å². The van der Waals surface area contributed by atoms with Crippen LogP contribution in [0.1, 0.15) is 26.3 Å². The monoisotopic (exact) mass is 265 g/mol. The van der Waals surface area contributed by atoms with E-state index >= 15 is 0 Å². The molecule has 0 aliphatic carbocycles. The smallest absolute Gasteiger partial charge is 0.146 e. The van der Waals surface area contributed by atoms with Crippen molar-refractivity contribution in [1.82, 2.24) is 4.90 Å². The fourth-order valence-electron chi connectivity index (χ4n) is 2.68. The molecule has 3 nitrogen and oxygen atoms in total. The summed E-state index contributed by atoms with van der Waals surface area (Å²) in [4.78, 5) is 4.56. The van der Waals surface area contributed by atoms with Gasteiger partial charge in [-0.2, -0.15) is 0 Å². The number of halogens is 1. The number of para-hydroxylation sites is 1. The zero-order valence-electron chi connectivity index (χ0n) is 12.1. The molecular formula is C15H24FN3. The largest absolute Gasteiger partial charge is 0.366 e. The number of anilines is 1. The van der Waals surface area contributed by atoms with E-state index in [1.165, 1.54) is 6.07 Å². The molecule has 1 fully saturated rings. The lowest BCUT2D eigenvalue weighted by Gasteiger charge is -2.43. The molecule has 106 valence electrons. The third kappa shape index (κ3) is 3.07. The molecule has 0 spiro atoms. The standard InChI is InChI=1S/C15H24FN3/c1-15(2,3)19-9-7-18(8-10-19)14-12(11-17)5-4-6-13(14)16/h4-6H,7-11,17H2,1-3H3. The molecule has 2 N–H and O–H groups in total. The number of hydrogen-bond acceptors (Lipinski definition) is 3. The lowest BCUT2D eigenvalue weighted by Crippen LogP contribution is -2.53. The van der Waals surface area contributed by atoms with Crippen LogP contribution in [-0.2, 0) is 6.54 Å². The molecule has 0 amide bonds. The van der Waals surface area contributed by atoms with E-state index in [1.54, 1.807) is 6.07 Å². The minimum absolute atomic E-state index is 0.160. The number of piperazine rings is 1. The lowest BCUT2D eigenvalue weighted by atomic mass is 10.0. The van der Waals surface area contributed by atoms with Crippen LogP contribution in [0.25, 0.3) is 0 Å². The van der Waals surface area contributed by atoms with Crippen LogP contribution in [-0.4, -0.2) is 36.6 Å². The maximum atomic E-state index is 14.0. The molecular weight excluding hydrogens is 241 g/mol. The summed E-state index contributed by atoms with van der Waals surface area (Å²) in [6, 6.07) is 5.16. The van der Waals surface area contributed by atoms with Gasteiger partial charge in [-0.05, 0) is 32.4 Å². The normalized spacial score (nSPS) is 17.8. The van der Waals surface area contributed by atoms with Crippen molar-refractivity contribution in [3.05, 3.63) is 29.6 Å². The fourth-order valence-corrected chi connectivity index (χ4v) is 2.68. The van der Waals surface area contributed by atoms with E-state index in [0.717, 1.165) is 31.7 Å². The van der Waals surface area contributed by atoms with E-state index < -0.39 is 0 Å². The zero-order valence-corrected chi connectivity index (χ0v) is 12.1. The Morgan fingerprint density at radius 1 is 1.16 bits per heavy atom. The van der Waals surface area contributed by atoms with Gasteiger partial charge in [-0.15, -0.1) is 0 Å². The van der Waals surface area contributed by atoms with Crippen LogP contribution in [0.3, 0.4) is 0 Å². The van der Waals surface area contributed by atoms with Gasteiger partial charge in [0.05, 0.1) is 5.69 Å². The van der Waals surface area contributed by atoms with Crippen molar-refractivity contribution in [2.24, 2.45) is 5.73 Å². The molecule has 4 heteroatoms. The van der Waals surface area contributed by atoms with Crippen LogP contribution >= 0.6 is 0 Å². The van der Waals surface area contributed by atoms with E-state index in [0.29, 0.717) is 12.2 Å². The van der Waals surface area contributed by atoms with Gasteiger partial charge in [-0.3, -0.25) is 4.90 Å². The summed E-state index contributed by atoms with van der Waals surface area (Å²) < 4.78 is 14.0. The third-order valence-corrected chi connectivity index (χ3v) is 3.83. The molecule has 0 atom stereocenters. The predicted molar refractivity (Wildman–Crippen MR) is 77.8 cm³/mol. The van der Waals surface area contributed by atoms with E-state index in [9.17, 15) is 4.39 Å². The van der Waals surface area contributed by atoms with Crippen molar-refractivity contribution >= 4 is 5.69 Å².